The highest BCUT2D eigenvalue weighted by molar-refractivity contribution is 5.82. The number of carbonyl (C=O) groups excluding carboxylic acids is 2. The fourth-order valence-corrected chi connectivity index (χ4v) is 6.56. The van der Waals surface area contributed by atoms with E-state index in [1.54, 1.807) is 33.1 Å². The molecular weight excluding hydrogens is 654 g/mol. The molecule has 3 aromatic rings. The molecule has 272 valence electrons. The van der Waals surface area contributed by atoms with Crippen molar-refractivity contribution in [3.8, 4) is 16.9 Å². The van der Waals surface area contributed by atoms with Crippen LogP contribution in [0.15, 0.2) is 41.3 Å². The lowest BCUT2D eigenvalue weighted by atomic mass is 9.90. The van der Waals surface area contributed by atoms with Crippen LogP contribution >= 0.6 is 0 Å². The summed E-state index contributed by atoms with van der Waals surface area (Å²) >= 11 is 0. The Bertz CT molecular complexity index is 1760. The van der Waals surface area contributed by atoms with Crippen LogP contribution in [0.5, 0.6) is 5.75 Å². The lowest BCUT2D eigenvalue weighted by Gasteiger charge is -2.31. The Kier molecular flexibility index (Phi) is 12.5. The molecule has 2 atom stereocenters. The molecule has 4 rings (SSSR count). The second kappa shape index (κ2) is 16.2. The summed E-state index contributed by atoms with van der Waals surface area (Å²) in [5.74, 6) is -1.58. The number of halogens is 4. The molecule has 1 aromatic heterocycles. The molecule has 0 spiro atoms. The Labute approximate surface area is 290 Å². The van der Waals surface area contributed by atoms with Crippen LogP contribution in [-0.2, 0) is 26.9 Å². The number of pyridine rings is 1. The summed E-state index contributed by atoms with van der Waals surface area (Å²) in [7, 11) is 1.55. The van der Waals surface area contributed by atoms with E-state index in [2.05, 4.69) is 5.32 Å². The van der Waals surface area contributed by atoms with Crippen molar-refractivity contribution in [2.24, 2.45) is 5.92 Å². The number of esters is 1. The lowest BCUT2D eigenvalue weighted by Crippen LogP contribution is -2.41. The summed E-state index contributed by atoms with van der Waals surface area (Å²) in [4.78, 5) is 42.5. The van der Waals surface area contributed by atoms with Crippen molar-refractivity contribution in [3.63, 3.8) is 0 Å². The molecule has 8 nitrogen and oxygen atoms in total. The van der Waals surface area contributed by atoms with Crippen molar-refractivity contribution >= 4 is 11.9 Å². The lowest BCUT2D eigenvalue weighted by molar-refractivity contribution is -0.144. The summed E-state index contributed by atoms with van der Waals surface area (Å²) in [5.41, 5.74) is 1.35. The van der Waals surface area contributed by atoms with Gasteiger partial charge in [-0.05, 0) is 118 Å². The quantitative estimate of drug-likeness (QED) is 0.141. The van der Waals surface area contributed by atoms with Crippen molar-refractivity contribution in [1.82, 2.24) is 14.8 Å². The summed E-state index contributed by atoms with van der Waals surface area (Å²) in [6.07, 6.45) is -2.94. The average Bonchev–Trinajstić information content (AvgIpc) is 3.00. The first-order valence-electron chi connectivity index (χ1n) is 17.0. The van der Waals surface area contributed by atoms with Crippen molar-refractivity contribution in [2.45, 2.75) is 85.5 Å². The van der Waals surface area contributed by atoms with Gasteiger partial charge in [0.15, 0.2) is 0 Å². The van der Waals surface area contributed by atoms with Crippen LogP contribution in [0.2, 0.25) is 0 Å². The predicted molar refractivity (Wildman–Crippen MR) is 184 cm³/mol. The summed E-state index contributed by atoms with van der Waals surface area (Å²) in [5, 5.41) is 2.79. The Morgan fingerprint density at radius 2 is 1.74 bits per heavy atom. The number of nitrogens with zero attached hydrogens (tertiary/aromatic N) is 2. The van der Waals surface area contributed by atoms with Crippen LogP contribution in [0.25, 0.3) is 11.1 Å². The topological polar surface area (TPSA) is 89.9 Å². The number of aromatic nitrogens is 1. The van der Waals surface area contributed by atoms with E-state index in [0.29, 0.717) is 23.9 Å². The molecule has 1 saturated heterocycles. The third-order valence-electron chi connectivity index (χ3n) is 9.23. The monoisotopic (exact) mass is 701 g/mol. The number of alkyl halides is 3. The van der Waals surface area contributed by atoms with Gasteiger partial charge in [-0.3, -0.25) is 14.4 Å². The van der Waals surface area contributed by atoms with Gasteiger partial charge < -0.3 is 24.3 Å². The zero-order valence-corrected chi connectivity index (χ0v) is 29.8. The molecule has 0 radical (unpaired) electrons. The number of carbonyl (C=O) groups is 2. The smallest absolute Gasteiger partial charge is 0.416 e. The van der Waals surface area contributed by atoms with E-state index < -0.39 is 53.5 Å². The first-order valence-corrected chi connectivity index (χ1v) is 17.0. The second-order valence-corrected chi connectivity index (χ2v) is 13.4. The third kappa shape index (κ3) is 8.93. The maximum atomic E-state index is 16.1. The summed E-state index contributed by atoms with van der Waals surface area (Å²) < 4.78 is 70.1. The van der Waals surface area contributed by atoms with E-state index in [4.69, 9.17) is 9.47 Å². The maximum Gasteiger partial charge on any atom is 0.416 e. The van der Waals surface area contributed by atoms with Crippen LogP contribution in [0.4, 0.5) is 17.6 Å². The molecule has 1 N–H and O–H groups in total. The number of methoxy groups -OCH3 is 1. The molecule has 1 unspecified atom stereocenters. The van der Waals surface area contributed by atoms with Gasteiger partial charge in [0, 0.05) is 24.4 Å². The van der Waals surface area contributed by atoms with Gasteiger partial charge in [-0.15, -0.1) is 0 Å². The zero-order valence-electron chi connectivity index (χ0n) is 29.8. The Balaban J connectivity index is 1.81. The van der Waals surface area contributed by atoms with E-state index in [-0.39, 0.29) is 42.1 Å². The fourth-order valence-electron chi connectivity index (χ4n) is 6.56. The van der Waals surface area contributed by atoms with E-state index in [9.17, 15) is 27.6 Å². The standard InChI is InChI=1S/C38H47F4N3O5/c1-8-50-34(47)20-30(28-18-27(17-24(5)36(28)39)35-23(4)10-11-32(49-7)25(35)6)43-37(48)31(16-22(2)3)45-21-26(12-15-44-13-9-14-44)29(19-33(45)46)38(40,41)42/h10-11,17-19,21-22,30-31H,8-9,12-16,20H2,1-7H3,(H,43,48)/t30-,31?/m0/s1. The molecule has 0 bridgehead atoms. The molecule has 2 heterocycles. The molecule has 12 heteroatoms. The SMILES string of the molecule is CCOC(=O)C[C@H](NC(=O)C(CC(C)C)n1cc(CCN2CCC2)c(C(F)(F)F)cc1=O)c1cc(-c2c(C)ccc(OC)c2C)cc(C)c1F. The van der Waals surface area contributed by atoms with Gasteiger partial charge in [-0.2, -0.15) is 13.2 Å². The molecule has 1 aliphatic heterocycles. The van der Waals surface area contributed by atoms with Crippen LogP contribution in [0.1, 0.15) is 85.5 Å². The minimum absolute atomic E-state index is 0.0290. The Morgan fingerprint density at radius 3 is 2.32 bits per heavy atom. The van der Waals surface area contributed by atoms with Crippen LogP contribution in [-0.4, -0.2) is 54.7 Å². The number of aryl methyl sites for hydroxylation is 2. The van der Waals surface area contributed by atoms with Crippen molar-refractivity contribution in [2.75, 3.05) is 33.4 Å². The Morgan fingerprint density at radius 1 is 1.04 bits per heavy atom. The van der Waals surface area contributed by atoms with E-state index >= 15 is 4.39 Å². The number of hydrogen-bond acceptors (Lipinski definition) is 6. The van der Waals surface area contributed by atoms with Gasteiger partial charge in [0.1, 0.15) is 17.6 Å². The van der Waals surface area contributed by atoms with Crippen molar-refractivity contribution in [3.05, 3.63) is 86.1 Å². The van der Waals surface area contributed by atoms with Crippen LogP contribution in [0.3, 0.4) is 0 Å². The van der Waals surface area contributed by atoms with Crippen LogP contribution in [0, 0.1) is 32.5 Å². The van der Waals surface area contributed by atoms with Gasteiger partial charge in [-0.1, -0.05) is 19.9 Å². The van der Waals surface area contributed by atoms with E-state index in [0.717, 1.165) is 47.0 Å². The van der Waals surface area contributed by atoms with Crippen LogP contribution < -0.4 is 15.6 Å². The van der Waals surface area contributed by atoms with Crippen molar-refractivity contribution in [1.29, 1.82) is 0 Å². The highest BCUT2D eigenvalue weighted by atomic mass is 19.4. The van der Waals surface area contributed by atoms with Crippen molar-refractivity contribution < 1.29 is 36.6 Å². The number of rotatable bonds is 14. The molecule has 2 aromatic carbocycles. The molecule has 1 amide bonds. The highest BCUT2D eigenvalue weighted by Gasteiger charge is 2.36. The van der Waals surface area contributed by atoms with Gasteiger partial charge in [-0.25, -0.2) is 4.39 Å². The maximum absolute atomic E-state index is 16.1. The molecular formula is C38H47F4N3O5. The molecule has 50 heavy (non-hydrogen) atoms. The van der Waals surface area contributed by atoms with E-state index in [1.807, 2.05) is 44.7 Å². The first-order chi connectivity index (χ1) is 23.5. The molecule has 0 saturated carbocycles. The number of nitrogens with one attached hydrogen (secondary N) is 1. The number of likely N-dealkylation sites (tertiary alicyclic amines) is 1. The number of hydrogen-bond donors (Lipinski definition) is 1. The number of benzene rings is 2. The van der Waals surface area contributed by atoms with Gasteiger partial charge in [0.2, 0.25) is 5.91 Å². The normalized spacial score (nSPS) is 14.6. The van der Waals surface area contributed by atoms with E-state index in [1.165, 1.54) is 0 Å². The van der Waals surface area contributed by atoms with Gasteiger partial charge in [0.05, 0.1) is 31.7 Å². The largest absolute Gasteiger partial charge is 0.496 e. The third-order valence-corrected chi connectivity index (χ3v) is 9.23. The Hall–Kier alpha value is -4.19. The highest BCUT2D eigenvalue weighted by Crippen LogP contribution is 2.37. The number of ether oxygens (including phenoxy) is 2. The predicted octanol–water partition coefficient (Wildman–Crippen LogP) is 7.25. The summed E-state index contributed by atoms with van der Waals surface area (Å²) in [6, 6.07) is 5.06. The first kappa shape index (κ1) is 38.6. The number of amides is 1. The van der Waals surface area contributed by atoms with Gasteiger partial charge >= 0.3 is 12.1 Å². The minimum atomic E-state index is -4.76. The molecule has 1 fully saturated rings. The average molecular weight is 702 g/mol. The summed E-state index contributed by atoms with van der Waals surface area (Å²) in [6.45, 7) is 12.7. The fraction of sp³-hybridized carbons (Fsp3) is 0.500. The molecule has 1 aliphatic rings. The zero-order chi connectivity index (χ0) is 36.9. The minimum Gasteiger partial charge on any atom is -0.496 e. The molecule has 0 aliphatic carbocycles. The van der Waals surface area contributed by atoms with Gasteiger partial charge in [0.25, 0.3) is 5.56 Å². The second-order valence-electron chi connectivity index (χ2n) is 13.4.